The van der Waals surface area contributed by atoms with Crippen molar-refractivity contribution in [3.05, 3.63) is 12.7 Å². The Hall–Kier alpha value is 0.259. The predicted molar refractivity (Wildman–Crippen MR) is 55.9 cm³/mol. The zero-order valence-corrected chi connectivity index (χ0v) is 9.85. The molecule has 0 radical (unpaired) electrons. The first-order valence-corrected chi connectivity index (χ1v) is 13.2. The van der Waals surface area contributed by atoms with Crippen LogP contribution in [0.2, 0.25) is 47.7 Å². The maximum absolute atomic E-state index is 3.99. The normalized spacial score (nSPS) is 133. The van der Waals surface area contributed by atoms with Crippen LogP contribution in [0.1, 0.15) is 12.8 Å². The van der Waals surface area contributed by atoms with Crippen LogP contribution in [-0.4, -0.2) is 0 Å². The van der Waals surface area contributed by atoms with Crippen molar-refractivity contribution >= 4 is 0 Å². The van der Waals surface area contributed by atoms with Gasteiger partial charge in [-0.3, -0.25) is 0 Å². The van der Waals surface area contributed by atoms with Crippen LogP contribution in [0.5, 0.6) is 0 Å². The predicted octanol–water partition coefficient (Wildman–Crippen LogP) is 4.71. The van der Waals surface area contributed by atoms with Crippen molar-refractivity contribution in [1.29, 1.82) is 0 Å². The average Bonchev–Trinajstić information content (AvgIpc) is 3.18. The molecule has 0 saturated carbocycles. The summed E-state index contributed by atoms with van der Waals surface area (Å²) in [5.41, 5.74) is 0. The first-order chi connectivity index (χ1) is 7.11. The molecular formula is C14H16Fe. The number of allylic oxidation sites excluding steroid dienone is 1. The average molecular weight is 240 g/mol. The summed E-state index contributed by atoms with van der Waals surface area (Å²) in [6, 6.07) is 0. The van der Waals surface area contributed by atoms with Crippen molar-refractivity contribution < 1.29 is 6.51 Å². The minimum atomic E-state index is -2.61. The third kappa shape index (κ3) is 0.0450. The number of rotatable bonds is 3. The van der Waals surface area contributed by atoms with Gasteiger partial charge in [-0.2, -0.15) is 0 Å². The molecular weight excluding hydrogens is 224 g/mol. The molecule has 0 amide bonds. The Morgan fingerprint density at radius 1 is 0.933 bits per heavy atom. The summed E-state index contributed by atoms with van der Waals surface area (Å²) in [7, 11) is 0. The van der Waals surface area contributed by atoms with Gasteiger partial charge in [-0.1, -0.05) is 0 Å². The second-order valence-electron chi connectivity index (χ2n) is 10.7. The molecule has 4 atom stereocenters. The standard InChI is InChI=1S/C9H11.C5H5.Fe/c1-2-3-6-9-7-4-5-8-9;1-2-4-5-3-1;/h2,4-5,7-8H,1,3,6H2;1-5H;. The van der Waals surface area contributed by atoms with Crippen LogP contribution in [0.3, 0.4) is 0 Å². The first kappa shape index (κ1) is 5.27. The second-order valence-corrected chi connectivity index (χ2v) is 34.3. The van der Waals surface area contributed by atoms with E-state index >= 15 is 0 Å². The molecule has 10 heterocycles. The van der Waals surface area contributed by atoms with E-state index < -0.39 is 6.51 Å². The summed E-state index contributed by atoms with van der Waals surface area (Å²) in [5, 5.41) is 0. The van der Waals surface area contributed by atoms with Gasteiger partial charge in [0.2, 0.25) is 0 Å². The van der Waals surface area contributed by atoms with Crippen LogP contribution in [0.25, 0.3) is 0 Å². The van der Waals surface area contributed by atoms with Gasteiger partial charge >= 0.3 is 79.7 Å². The molecule has 1 heteroatoms. The molecule has 4 unspecified atom stereocenters. The number of hydrogen-bond donors (Lipinski definition) is 0. The molecule has 0 N–H and O–H groups in total. The van der Waals surface area contributed by atoms with Crippen molar-refractivity contribution in [2.24, 2.45) is 0 Å². The molecule has 15 heavy (non-hydrogen) atoms. The van der Waals surface area contributed by atoms with E-state index in [1.54, 1.807) is 6.42 Å². The van der Waals surface area contributed by atoms with Gasteiger partial charge in [-0.25, -0.2) is 0 Å². The monoisotopic (exact) mass is 240 g/mol. The molecule has 10 aliphatic heterocycles. The first-order valence-electron chi connectivity index (χ1n) is 6.93. The van der Waals surface area contributed by atoms with E-state index in [2.05, 4.69) is 12.7 Å². The van der Waals surface area contributed by atoms with E-state index in [0.29, 0.717) is 0 Å². The van der Waals surface area contributed by atoms with Crippen molar-refractivity contribution in [1.82, 2.24) is 0 Å². The van der Waals surface area contributed by atoms with Crippen LogP contribution in [0.15, 0.2) is 12.7 Å². The van der Waals surface area contributed by atoms with Gasteiger partial charge in [0, 0.05) is 0 Å². The van der Waals surface area contributed by atoms with Crippen molar-refractivity contribution in [2.45, 2.75) is 60.5 Å². The van der Waals surface area contributed by atoms with Gasteiger partial charge in [-0.05, 0) is 0 Å². The van der Waals surface area contributed by atoms with Crippen LogP contribution in [-0.2, 0) is 6.51 Å². The van der Waals surface area contributed by atoms with Crippen LogP contribution < -0.4 is 0 Å². The van der Waals surface area contributed by atoms with Gasteiger partial charge in [0.15, 0.2) is 0 Å². The summed E-state index contributed by atoms with van der Waals surface area (Å²) in [4.78, 5) is 13.7. The van der Waals surface area contributed by atoms with E-state index in [9.17, 15) is 0 Å². The molecule has 10 fully saturated rings. The van der Waals surface area contributed by atoms with Gasteiger partial charge in [-0.15, -0.1) is 0 Å². The molecule has 10 rings (SSSR count). The van der Waals surface area contributed by atoms with Crippen LogP contribution in [0.4, 0.5) is 0 Å². The van der Waals surface area contributed by atoms with Crippen molar-refractivity contribution in [2.75, 3.05) is 0 Å². The van der Waals surface area contributed by atoms with E-state index in [-0.39, 0.29) is 0 Å². The molecule has 0 aliphatic carbocycles. The van der Waals surface area contributed by atoms with Crippen LogP contribution in [0, 0.1) is 0 Å². The Balaban J connectivity index is 1.67. The number of hydrogen-bond acceptors (Lipinski definition) is 0. The van der Waals surface area contributed by atoms with Crippen molar-refractivity contribution in [3.63, 3.8) is 0 Å². The fraction of sp³-hybridized carbons (Fsp3) is 0.857. The fourth-order valence-electron chi connectivity index (χ4n) is 17.7. The van der Waals surface area contributed by atoms with E-state index in [4.69, 9.17) is 0 Å². The molecule has 80 valence electrons. The molecule has 0 nitrogen and oxygen atoms in total. The third-order valence-corrected chi connectivity index (χ3v) is 58.8. The zero-order chi connectivity index (χ0) is 9.13. The summed E-state index contributed by atoms with van der Waals surface area (Å²) in [6.45, 7) is 1.37. The second kappa shape index (κ2) is 0.380. The van der Waals surface area contributed by atoms with Gasteiger partial charge < -0.3 is 0 Å². The van der Waals surface area contributed by atoms with Gasteiger partial charge in [0.05, 0.1) is 0 Å². The minimum absolute atomic E-state index is 1.17. The van der Waals surface area contributed by atoms with Crippen LogP contribution >= 0.6 is 0 Å². The quantitative estimate of drug-likeness (QED) is 0.495. The molecule has 1 spiro atoms. The third-order valence-electron chi connectivity index (χ3n) is 15.7. The van der Waals surface area contributed by atoms with E-state index in [0.717, 1.165) is 0 Å². The van der Waals surface area contributed by atoms with Gasteiger partial charge in [0.25, 0.3) is 0 Å². The van der Waals surface area contributed by atoms with Crippen molar-refractivity contribution in [3.8, 4) is 0 Å². The van der Waals surface area contributed by atoms with Gasteiger partial charge in [0.1, 0.15) is 0 Å². The summed E-state index contributed by atoms with van der Waals surface area (Å²) < 4.78 is 1.17. The summed E-state index contributed by atoms with van der Waals surface area (Å²) in [6.07, 6.45) is 5.26. The summed E-state index contributed by atoms with van der Waals surface area (Å²) >= 11 is 0. The van der Waals surface area contributed by atoms with E-state index in [1.807, 2.05) is 0 Å². The summed E-state index contributed by atoms with van der Waals surface area (Å²) in [5.74, 6) is 0. The number of fused-ring (bicyclic) bond motifs is 10. The Labute approximate surface area is 79.8 Å². The zero-order valence-electron chi connectivity index (χ0n) is 8.75. The Bertz CT molecular complexity index is 826. The molecule has 0 aromatic rings. The Kier molecular flexibility index (Phi) is 0.133. The van der Waals surface area contributed by atoms with E-state index in [1.165, 1.54) is 54.1 Å². The SMILES string of the molecule is C=CCC[C]12[CH]3[CH]4[CH]5[CH]1[Fe]45321678[CH]2[CH]1[CH]6[CH]7[CH]28. The topological polar surface area (TPSA) is 0 Å². The molecule has 10 aliphatic rings. The Morgan fingerprint density at radius 3 is 1.73 bits per heavy atom. The Morgan fingerprint density at radius 2 is 1.47 bits per heavy atom. The fourth-order valence-corrected chi connectivity index (χ4v) is 93.0. The molecule has 0 bridgehead atoms. The molecule has 0 aromatic heterocycles. The maximum atomic E-state index is 3.99. The molecule has 0 aromatic carbocycles. The molecule has 10 saturated heterocycles.